The molecule has 1 rings (SSSR count). The predicted molar refractivity (Wildman–Crippen MR) is 34.8 cm³/mol. The van der Waals surface area contributed by atoms with Gasteiger partial charge < -0.3 is 5.32 Å². The molecule has 1 fully saturated rings. The van der Waals surface area contributed by atoms with Crippen LogP contribution in [-0.2, 0) is 0 Å². The van der Waals surface area contributed by atoms with Gasteiger partial charge in [0.1, 0.15) is 0 Å². The van der Waals surface area contributed by atoms with Gasteiger partial charge in [-0.1, -0.05) is 5.92 Å². The first-order valence-corrected chi connectivity index (χ1v) is 3.21. The van der Waals surface area contributed by atoms with E-state index in [-0.39, 0.29) is 6.54 Å². The molecule has 0 aromatic heterocycles. The van der Waals surface area contributed by atoms with Crippen molar-refractivity contribution in [2.45, 2.75) is 12.3 Å². The van der Waals surface area contributed by atoms with Crippen LogP contribution in [-0.4, -0.2) is 19.0 Å². The average Bonchev–Trinajstić information content (AvgIpc) is 1.87. The fourth-order valence-electron chi connectivity index (χ4n) is 1.04. The summed E-state index contributed by atoms with van der Waals surface area (Å²) in [7, 11) is 0. The van der Waals surface area contributed by atoms with Gasteiger partial charge in [0.15, 0.2) is 0 Å². The Labute approximate surface area is 58.8 Å². The smallest absolute Gasteiger partial charge is 0.273 e. The van der Waals surface area contributed by atoms with Crippen molar-refractivity contribution in [3.8, 4) is 12.3 Å². The molecule has 0 bridgehead atoms. The molecule has 1 unspecified atom stereocenters. The van der Waals surface area contributed by atoms with Crippen LogP contribution in [0.25, 0.3) is 0 Å². The number of alkyl halides is 2. The Hall–Kier alpha value is -0.620. The second kappa shape index (κ2) is 2.55. The molecule has 10 heavy (non-hydrogen) atoms. The molecule has 0 amide bonds. The highest BCUT2D eigenvalue weighted by atomic mass is 19.3. The lowest BCUT2D eigenvalue weighted by Crippen LogP contribution is -2.45. The average molecular weight is 145 g/mol. The van der Waals surface area contributed by atoms with Gasteiger partial charge in [0, 0.05) is 0 Å². The Morgan fingerprint density at radius 3 is 2.70 bits per heavy atom. The highest BCUT2D eigenvalue weighted by molar-refractivity contribution is 5.03. The molecule has 1 N–H and O–H groups in total. The summed E-state index contributed by atoms with van der Waals surface area (Å²) >= 11 is 0. The van der Waals surface area contributed by atoms with Gasteiger partial charge in [-0.3, -0.25) is 0 Å². The second-order valence-corrected chi connectivity index (χ2v) is 2.45. The van der Waals surface area contributed by atoms with Crippen LogP contribution in [0.4, 0.5) is 8.78 Å². The minimum absolute atomic E-state index is 0.276. The third-order valence-corrected chi connectivity index (χ3v) is 1.68. The number of terminal acetylenes is 1. The molecule has 1 aliphatic heterocycles. The predicted octanol–water partition coefficient (Wildman–Crippen LogP) is 0.864. The van der Waals surface area contributed by atoms with E-state index in [9.17, 15) is 8.78 Å². The van der Waals surface area contributed by atoms with E-state index < -0.39 is 11.8 Å². The van der Waals surface area contributed by atoms with E-state index in [4.69, 9.17) is 6.42 Å². The van der Waals surface area contributed by atoms with Crippen molar-refractivity contribution >= 4 is 0 Å². The number of piperidine rings is 1. The molecule has 56 valence electrons. The van der Waals surface area contributed by atoms with Crippen LogP contribution in [0.15, 0.2) is 0 Å². The topological polar surface area (TPSA) is 12.0 Å². The molecule has 1 aliphatic rings. The summed E-state index contributed by atoms with van der Waals surface area (Å²) in [4.78, 5) is 0. The monoisotopic (exact) mass is 145 g/mol. The van der Waals surface area contributed by atoms with Gasteiger partial charge in [0.2, 0.25) is 0 Å². The van der Waals surface area contributed by atoms with E-state index >= 15 is 0 Å². The van der Waals surface area contributed by atoms with Crippen LogP contribution in [0.2, 0.25) is 0 Å². The highest BCUT2D eigenvalue weighted by Crippen LogP contribution is 2.28. The minimum Gasteiger partial charge on any atom is -0.311 e. The van der Waals surface area contributed by atoms with Crippen molar-refractivity contribution in [3.05, 3.63) is 0 Å². The fourth-order valence-corrected chi connectivity index (χ4v) is 1.04. The highest BCUT2D eigenvalue weighted by Gasteiger charge is 2.40. The summed E-state index contributed by atoms with van der Waals surface area (Å²) in [6.45, 7) is 0.326. The quantitative estimate of drug-likeness (QED) is 0.498. The summed E-state index contributed by atoms with van der Waals surface area (Å²) in [6, 6.07) is 0. The summed E-state index contributed by atoms with van der Waals surface area (Å²) in [6.07, 6.45) is 5.30. The lowest BCUT2D eigenvalue weighted by Gasteiger charge is -2.27. The number of hydrogen-bond donors (Lipinski definition) is 1. The molecule has 0 spiro atoms. The molecule has 0 aromatic carbocycles. The molecule has 0 saturated carbocycles. The van der Waals surface area contributed by atoms with Crippen LogP contribution in [0.1, 0.15) is 6.42 Å². The van der Waals surface area contributed by atoms with E-state index in [2.05, 4.69) is 11.2 Å². The lowest BCUT2D eigenvalue weighted by atomic mass is 9.95. The number of nitrogens with one attached hydrogen (secondary N) is 1. The first-order valence-electron chi connectivity index (χ1n) is 3.21. The maximum atomic E-state index is 12.7. The summed E-state index contributed by atoms with van der Waals surface area (Å²) in [5, 5.41) is 2.59. The van der Waals surface area contributed by atoms with Gasteiger partial charge in [-0.2, -0.15) is 0 Å². The van der Waals surface area contributed by atoms with Crippen LogP contribution in [0, 0.1) is 18.3 Å². The zero-order chi connectivity index (χ0) is 7.61. The summed E-state index contributed by atoms with van der Waals surface area (Å²) in [5.41, 5.74) is 0. The number of rotatable bonds is 0. The minimum atomic E-state index is -2.70. The largest absolute Gasteiger partial charge is 0.311 e. The molecular weight excluding hydrogens is 136 g/mol. The Bertz CT molecular complexity index is 159. The van der Waals surface area contributed by atoms with Crippen molar-refractivity contribution < 1.29 is 8.78 Å². The van der Waals surface area contributed by atoms with E-state index in [0.717, 1.165) is 0 Å². The zero-order valence-electron chi connectivity index (χ0n) is 5.53. The van der Waals surface area contributed by atoms with Gasteiger partial charge in [-0.05, 0) is 13.0 Å². The van der Waals surface area contributed by atoms with Crippen LogP contribution < -0.4 is 5.32 Å². The van der Waals surface area contributed by atoms with Crippen molar-refractivity contribution in [1.82, 2.24) is 5.32 Å². The Balaban J connectivity index is 2.62. The first-order chi connectivity index (χ1) is 4.67. The molecule has 1 atom stereocenters. The van der Waals surface area contributed by atoms with Crippen LogP contribution >= 0.6 is 0 Å². The third kappa shape index (κ3) is 1.27. The van der Waals surface area contributed by atoms with Crippen molar-refractivity contribution in [1.29, 1.82) is 0 Å². The maximum absolute atomic E-state index is 12.7. The maximum Gasteiger partial charge on any atom is 0.273 e. The molecule has 3 heteroatoms. The zero-order valence-corrected chi connectivity index (χ0v) is 5.53. The summed E-state index contributed by atoms with van der Waals surface area (Å²) < 4.78 is 25.3. The molecule has 1 heterocycles. The molecule has 0 aromatic rings. The molecule has 0 radical (unpaired) electrons. The lowest BCUT2D eigenvalue weighted by molar-refractivity contribution is -0.0511. The van der Waals surface area contributed by atoms with Gasteiger partial charge >= 0.3 is 0 Å². The molecule has 0 aliphatic carbocycles. The van der Waals surface area contributed by atoms with Gasteiger partial charge in [0.25, 0.3) is 5.92 Å². The number of hydrogen-bond acceptors (Lipinski definition) is 1. The van der Waals surface area contributed by atoms with E-state index in [0.29, 0.717) is 13.0 Å². The van der Waals surface area contributed by atoms with Crippen molar-refractivity contribution in [2.75, 3.05) is 13.1 Å². The Morgan fingerprint density at radius 2 is 2.30 bits per heavy atom. The second-order valence-electron chi connectivity index (χ2n) is 2.45. The molecular formula is C7H9F2N. The van der Waals surface area contributed by atoms with Crippen molar-refractivity contribution in [3.63, 3.8) is 0 Å². The Kier molecular flexibility index (Phi) is 1.91. The van der Waals surface area contributed by atoms with Crippen LogP contribution in [0.5, 0.6) is 0 Å². The first kappa shape index (κ1) is 7.49. The van der Waals surface area contributed by atoms with E-state index in [1.807, 2.05) is 0 Å². The van der Waals surface area contributed by atoms with Crippen LogP contribution in [0.3, 0.4) is 0 Å². The van der Waals surface area contributed by atoms with E-state index in [1.165, 1.54) is 0 Å². The third-order valence-electron chi connectivity index (χ3n) is 1.68. The number of halogens is 2. The summed E-state index contributed by atoms with van der Waals surface area (Å²) in [5.74, 6) is -1.46. The van der Waals surface area contributed by atoms with E-state index in [1.54, 1.807) is 0 Å². The van der Waals surface area contributed by atoms with Gasteiger partial charge in [-0.15, -0.1) is 6.42 Å². The normalized spacial score (nSPS) is 31.1. The Morgan fingerprint density at radius 1 is 1.60 bits per heavy atom. The van der Waals surface area contributed by atoms with Gasteiger partial charge in [-0.25, -0.2) is 8.78 Å². The SMILES string of the molecule is C#CC1CCNCC1(F)F. The fraction of sp³-hybridized carbons (Fsp3) is 0.714. The standard InChI is InChI=1S/C7H9F2N/c1-2-6-3-4-10-5-7(6,8)9/h1,6,10H,3-5H2. The molecule has 1 nitrogen and oxygen atoms in total. The van der Waals surface area contributed by atoms with Gasteiger partial charge in [0.05, 0.1) is 12.5 Å². The van der Waals surface area contributed by atoms with Crippen molar-refractivity contribution in [2.24, 2.45) is 5.92 Å². The molecule has 1 saturated heterocycles.